The molecule has 4 heterocycles. The molecule has 0 unspecified atom stereocenters. The van der Waals surface area contributed by atoms with Crippen molar-refractivity contribution in [1.82, 2.24) is 29.4 Å². The van der Waals surface area contributed by atoms with E-state index in [0.29, 0.717) is 0 Å². The lowest BCUT2D eigenvalue weighted by molar-refractivity contribution is 0.249. The fraction of sp³-hybridized carbons (Fsp3) is 0.161. The topological polar surface area (TPSA) is 63.0 Å². The number of para-hydroxylation sites is 2. The molecule has 0 bridgehead atoms. The van der Waals surface area contributed by atoms with Crippen LogP contribution in [-0.4, -0.2) is 55.6 Å². The van der Waals surface area contributed by atoms with Crippen molar-refractivity contribution in [2.24, 2.45) is 0 Å². The number of hydrogen-bond acceptors (Lipinski definition) is 6. The summed E-state index contributed by atoms with van der Waals surface area (Å²) in [7, 11) is 0. The second-order valence-corrected chi connectivity index (χ2v) is 9.71. The highest BCUT2D eigenvalue weighted by Crippen LogP contribution is 2.26. The second-order valence-electron chi connectivity index (χ2n) is 9.71. The van der Waals surface area contributed by atoms with Crippen LogP contribution in [0, 0.1) is 0 Å². The van der Waals surface area contributed by atoms with Crippen LogP contribution in [-0.2, 0) is 6.54 Å². The fourth-order valence-electron chi connectivity index (χ4n) is 5.20. The summed E-state index contributed by atoms with van der Waals surface area (Å²) in [5.41, 5.74) is 8.56. The van der Waals surface area contributed by atoms with Crippen LogP contribution < -0.4 is 4.90 Å². The van der Waals surface area contributed by atoms with Crippen molar-refractivity contribution in [2.45, 2.75) is 6.54 Å². The molecule has 7 nitrogen and oxygen atoms in total. The maximum absolute atomic E-state index is 5.01. The minimum absolute atomic E-state index is 0.911. The summed E-state index contributed by atoms with van der Waals surface area (Å²) in [4.78, 5) is 23.3. The van der Waals surface area contributed by atoms with Crippen molar-refractivity contribution in [2.75, 3.05) is 31.1 Å². The summed E-state index contributed by atoms with van der Waals surface area (Å²) < 4.78 is 2.12. The van der Waals surface area contributed by atoms with Gasteiger partial charge in [0.15, 0.2) is 0 Å². The third-order valence-corrected chi connectivity index (χ3v) is 7.29. The van der Waals surface area contributed by atoms with Gasteiger partial charge in [-0.15, -0.1) is 0 Å². The molecule has 7 heteroatoms. The van der Waals surface area contributed by atoms with E-state index in [1.165, 1.54) is 5.56 Å². The molecule has 38 heavy (non-hydrogen) atoms. The Morgan fingerprint density at radius 3 is 2.37 bits per heavy atom. The van der Waals surface area contributed by atoms with Gasteiger partial charge < -0.3 is 4.90 Å². The number of benzene rings is 3. The number of pyridine rings is 1. The number of imidazole rings is 1. The van der Waals surface area contributed by atoms with Crippen LogP contribution in [0.2, 0.25) is 0 Å². The molecular formula is C31H27N7. The Balaban J connectivity index is 1.09. The van der Waals surface area contributed by atoms with Gasteiger partial charge in [0, 0.05) is 50.8 Å². The van der Waals surface area contributed by atoms with Gasteiger partial charge in [-0.25, -0.2) is 9.97 Å². The Labute approximate surface area is 221 Å². The molecule has 0 radical (unpaired) electrons. The predicted octanol–water partition coefficient (Wildman–Crippen LogP) is 5.35. The molecule has 3 aromatic carbocycles. The van der Waals surface area contributed by atoms with E-state index in [4.69, 9.17) is 9.97 Å². The summed E-state index contributed by atoms with van der Waals surface area (Å²) in [6.45, 7) is 4.79. The third kappa shape index (κ3) is 4.37. The van der Waals surface area contributed by atoms with Gasteiger partial charge in [-0.1, -0.05) is 36.4 Å². The van der Waals surface area contributed by atoms with E-state index in [2.05, 4.69) is 78.9 Å². The van der Waals surface area contributed by atoms with Crippen molar-refractivity contribution in [3.63, 3.8) is 0 Å². The monoisotopic (exact) mass is 497 g/mol. The number of anilines is 1. The third-order valence-electron chi connectivity index (χ3n) is 7.29. The van der Waals surface area contributed by atoms with Crippen LogP contribution in [0.25, 0.3) is 38.9 Å². The molecule has 0 atom stereocenters. The zero-order valence-corrected chi connectivity index (χ0v) is 21.0. The van der Waals surface area contributed by atoms with Gasteiger partial charge in [0.2, 0.25) is 0 Å². The minimum atomic E-state index is 0.911. The van der Waals surface area contributed by atoms with E-state index in [9.17, 15) is 0 Å². The van der Waals surface area contributed by atoms with Gasteiger partial charge in [0.1, 0.15) is 12.1 Å². The standard InChI is InChI=1S/C31H27N7/c1-2-6-30-28(5-1)34-22-38(30)26-10-7-24(8-11-26)25-9-12-27-29(18-25)35-31(20-33-27)37-16-14-36(15-17-37)21-23-4-3-13-32-19-23/h1-13,18-20,22H,14-17,21H2. The van der Waals surface area contributed by atoms with Crippen molar-refractivity contribution in [1.29, 1.82) is 0 Å². The van der Waals surface area contributed by atoms with Crippen molar-refractivity contribution in [3.8, 4) is 16.8 Å². The van der Waals surface area contributed by atoms with Gasteiger partial charge in [-0.05, 0) is 59.2 Å². The molecule has 0 aliphatic carbocycles. The zero-order chi connectivity index (χ0) is 25.3. The minimum Gasteiger partial charge on any atom is -0.353 e. The Morgan fingerprint density at radius 1 is 0.684 bits per heavy atom. The maximum atomic E-state index is 5.01. The molecule has 186 valence electrons. The fourth-order valence-corrected chi connectivity index (χ4v) is 5.20. The molecule has 1 fully saturated rings. The SMILES string of the molecule is c1cncc(CN2CCN(c3cnc4ccc(-c5ccc(-n6cnc7ccccc76)cc5)cc4n3)CC2)c1. The first-order valence-corrected chi connectivity index (χ1v) is 13.0. The quantitative estimate of drug-likeness (QED) is 0.320. The second kappa shape index (κ2) is 9.68. The number of hydrogen-bond donors (Lipinski definition) is 0. The summed E-state index contributed by atoms with van der Waals surface area (Å²) in [6, 6.07) is 27.2. The number of fused-ring (bicyclic) bond motifs is 2. The van der Waals surface area contributed by atoms with E-state index >= 15 is 0 Å². The predicted molar refractivity (Wildman–Crippen MR) is 151 cm³/mol. The average molecular weight is 498 g/mol. The zero-order valence-electron chi connectivity index (χ0n) is 21.0. The molecule has 1 aliphatic rings. The normalized spacial score (nSPS) is 14.4. The summed E-state index contributed by atoms with van der Waals surface area (Å²) in [6.07, 6.45) is 7.56. The van der Waals surface area contributed by atoms with Crippen LogP contribution in [0.4, 0.5) is 5.82 Å². The molecule has 3 aromatic heterocycles. The van der Waals surface area contributed by atoms with E-state index in [-0.39, 0.29) is 0 Å². The molecule has 0 saturated carbocycles. The van der Waals surface area contributed by atoms with Gasteiger partial charge >= 0.3 is 0 Å². The molecule has 1 aliphatic heterocycles. The van der Waals surface area contributed by atoms with Gasteiger partial charge in [-0.2, -0.15) is 0 Å². The Bertz CT molecular complexity index is 1700. The molecule has 0 amide bonds. The van der Waals surface area contributed by atoms with Crippen LogP contribution in [0.1, 0.15) is 5.56 Å². The lowest BCUT2D eigenvalue weighted by Crippen LogP contribution is -2.46. The van der Waals surface area contributed by atoms with Crippen LogP contribution in [0.5, 0.6) is 0 Å². The molecule has 0 spiro atoms. The average Bonchev–Trinajstić information content (AvgIpc) is 3.42. The highest BCUT2D eigenvalue weighted by atomic mass is 15.3. The first kappa shape index (κ1) is 22.6. The van der Waals surface area contributed by atoms with Crippen molar-refractivity contribution >= 4 is 27.9 Å². The molecular weight excluding hydrogens is 470 g/mol. The van der Waals surface area contributed by atoms with Crippen LogP contribution in [0.3, 0.4) is 0 Å². The van der Waals surface area contributed by atoms with Crippen LogP contribution >= 0.6 is 0 Å². The van der Waals surface area contributed by atoms with Gasteiger partial charge in [0.05, 0.1) is 28.3 Å². The lowest BCUT2D eigenvalue weighted by Gasteiger charge is -2.35. The molecule has 0 N–H and O–H groups in total. The number of rotatable bonds is 5. The number of aromatic nitrogens is 5. The molecule has 7 rings (SSSR count). The van der Waals surface area contributed by atoms with Gasteiger partial charge in [-0.3, -0.25) is 19.4 Å². The summed E-state index contributed by atoms with van der Waals surface area (Å²) >= 11 is 0. The molecule has 1 saturated heterocycles. The Hall–Kier alpha value is -4.62. The van der Waals surface area contributed by atoms with E-state index in [1.54, 1.807) is 0 Å². The largest absolute Gasteiger partial charge is 0.353 e. The smallest absolute Gasteiger partial charge is 0.147 e. The van der Waals surface area contributed by atoms with E-state index in [1.807, 2.05) is 49.2 Å². The molecule has 6 aromatic rings. The van der Waals surface area contributed by atoms with E-state index < -0.39 is 0 Å². The van der Waals surface area contributed by atoms with Crippen LogP contribution in [0.15, 0.2) is 104 Å². The first-order chi connectivity index (χ1) is 18.8. The van der Waals surface area contributed by atoms with Crippen molar-refractivity contribution < 1.29 is 0 Å². The first-order valence-electron chi connectivity index (χ1n) is 13.0. The Kier molecular flexibility index (Phi) is 5.75. The van der Waals surface area contributed by atoms with E-state index in [0.717, 1.165) is 77.4 Å². The van der Waals surface area contributed by atoms with Gasteiger partial charge in [0.25, 0.3) is 0 Å². The highest BCUT2D eigenvalue weighted by molar-refractivity contribution is 5.83. The van der Waals surface area contributed by atoms with Crippen molar-refractivity contribution in [3.05, 3.63) is 109 Å². The highest BCUT2D eigenvalue weighted by Gasteiger charge is 2.19. The summed E-state index contributed by atoms with van der Waals surface area (Å²) in [5, 5.41) is 0. The number of nitrogens with zero attached hydrogens (tertiary/aromatic N) is 7. The maximum Gasteiger partial charge on any atom is 0.147 e. The number of piperazine rings is 1. The Morgan fingerprint density at radius 2 is 1.53 bits per heavy atom. The summed E-state index contributed by atoms with van der Waals surface area (Å²) in [5.74, 6) is 0.943. The lowest BCUT2D eigenvalue weighted by atomic mass is 10.0.